The fraction of sp³-hybridized carbons (Fsp3) is 0.214. The van der Waals surface area contributed by atoms with Crippen LogP contribution in [0.5, 0.6) is 0 Å². The molecular weight excluding hydrogens is 267 g/mol. The third kappa shape index (κ3) is 3.43. The van der Waals surface area contributed by atoms with Crippen LogP contribution in [0.15, 0.2) is 36.7 Å². The van der Waals surface area contributed by atoms with Gasteiger partial charge in [0.2, 0.25) is 0 Å². The summed E-state index contributed by atoms with van der Waals surface area (Å²) < 4.78 is 13.6. The number of benzene rings is 1. The largest absolute Gasteiger partial charge is 0.398 e. The summed E-state index contributed by atoms with van der Waals surface area (Å²) in [5.41, 5.74) is 7.39. The monoisotopic (exact) mass is 280 g/mol. The third-order valence-electron chi connectivity index (χ3n) is 2.90. The van der Waals surface area contributed by atoms with Crippen molar-refractivity contribution in [3.63, 3.8) is 0 Å². The number of nitrogens with zero attached hydrogens (tertiary/aromatic N) is 1. The molecule has 1 unspecified atom stereocenters. The average molecular weight is 281 g/mol. The van der Waals surface area contributed by atoms with Crippen LogP contribution >= 0.6 is 11.6 Å². The van der Waals surface area contributed by atoms with Crippen LogP contribution in [0.2, 0.25) is 5.02 Å². The molecule has 19 heavy (non-hydrogen) atoms. The van der Waals surface area contributed by atoms with Gasteiger partial charge in [0, 0.05) is 41.5 Å². The number of rotatable bonds is 4. The van der Waals surface area contributed by atoms with Crippen LogP contribution in [0, 0.1) is 5.82 Å². The number of aliphatic hydroxyl groups is 1. The van der Waals surface area contributed by atoms with Crippen molar-refractivity contribution in [1.29, 1.82) is 0 Å². The summed E-state index contributed by atoms with van der Waals surface area (Å²) in [6.45, 7) is 0. The maximum Gasteiger partial charge on any atom is 0.127 e. The Kier molecular flexibility index (Phi) is 4.35. The first-order valence-electron chi connectivity index (χ1n) is 5.87. The van der Waals surface area contributed by atoms with Crippen LogP contribution in [0.3, 0.4) is 0 Å². The molecule has 0 aliphatic rings. The summed E-state index contributed by atoms with van der Waals surface area (Å²) in [6.07, 6.45) is 2.87. The molecule has 2 rings (SSSR count). The lowest BCUT2D eigenvalue weighted by Gasteiger charge is -2.13. The molecule has 0 radical (unpaired) electrons. The van der Waals surface area contributed by atoms with Crippen LogP contribution in [0.4, 0.5) is 10.1 Å². The molecule has 0 aliphatic heterocycles. The lowest BCUT2D eigenvalue weighted by molar-refractivity contribution is 0.174. The Bertz CT molecular complexity index is 557. The summed E-state index contributed by atoms with van der Waals surface area (Å²) in [6, 6.07) is 6.13. The highest BCUT2D eigenvalue weighted by Gasteiger charge is 2.14. The van der Waals surface area contributed by atoms with E-state index in [0.29, 0.717) is 22.7 Å². The molecule has 0 amide bonds. The van der Waals surface area contributed by atoms with Crippen molar-refractivity contribution in [1.82, 2.24) is 4.98 Å². The fourth-order valence-electron chi connectivity index (χ4n) is 1.90. The van der Waals surface area contributed by atoms with Gasteiger partial charge in [-0.1, -0.05) is 17.7 Å². The molecule has 0 saturated heterocycles. The van der Waals surface area contributed by atoms with Gasteiger partial charge < -0.3 is 10.8 Å². The first-order chi connectivity index (χ1) is 9.08. The van der Waals surface area contributed by atoms with E-state index in [1.54, 1.807) is 24.5 Å². The van der Waals surface area contributed by atoms with Crippen LogP contribution in [0.25, 0.3) is 0 Å². The van der Waals surface area contributed by atoms with E-state index in [1.807, 2.05) is 0 Å². The first kappa shape index (κ1) is 13.8. The van der Waals surface area contributed by atoms with Gasteiger partial charge >= 0.3 is 0 Å². The average Bonchev–Trinajstić information content (AvgIpc) is 2.37. The Morgan fingerprint density at radius 1 is 1.32 bits per heavy atom. The van der Waals surface area contributed by atoms with Crippen molar-refractivity contribution in [2.75, 3.05) is 5.73 Å². The number of hydrogen-bond donors (Lipinski definition) is 2. The van der Waals surface area contributed by atoms with Gasteiger partial charge in [-0.25, -0.2) is 4.39 Å². The van der Waals surface area contributed by atoms with Gasteiger partial charge in [-0.15, -0.1) is 0 Å². The van der Waals surface area contributed by atoms with Crippen LogP contribution < -0.4 is 5.73 Å². The minimum absolute atomic E-state index is 0.139. The fourth-order valence-corrected chi connectivity index (χ4v) is 2.14. The molecule has 1 heterocycles. The number of anilines is 1. The predicted octanol–water partition coefficient (Wildman–Crippen LogP) is 2.60. The zero-order valence-corrected chi connectivity index (χ0v) is 10.9. The highest BCUT2D eigenvalue weighted by atomic mass is 35.5. The standard InChI is InChI=1S/C14H14ClFN2O/c15-12-2-1-3-13(16)11(12)7-10(19)6-9-8-18-5-4-14(9)17/h1-5,8,10,19H,6-7H2,(H2,17,18). The molecular formula is C14H14ClFN2O. The van der Waals surface area contributed by atoms with Gasteiger partial charge in [0.1, 0.15) is 5.82 Å². The number of halogens is 2. The van der Waals surface area contributed by atoms with Gasteiger partial charge in [0.25, 0.3) is 0 Å². The number of pyridine rings is 1. The Morgan fingerprint density at radius 3 is 2.79 bits per heavy atom. The molecule has 0 aliphatic carbocycles. The molecule has 5 heteroatoms. The number of aromatic nitrogens is 1. The minimum Gasteiger partial charge on any atom is -0.398 e. The van der Waals surface area contributed by atoms with Crippen LogP contribution in [0.1, 0.15) is 11.1 Å². The highest BCUT2D eigenvalue weighted by molar-refractivity contribution is 6.31. The smallest absolute Gasteiger partial charge is 0.127 e. The summed E-state index contributed by atoms with van der Waals surface area (Å²) in [4.78, 5) is 3.95. The van der Waals surface area contributed by atoms with Crippen molar-refractivity contribution in [2.24, 2.45) is 0 Å². The summed E-state index contributed by atoms with van der Waals surface area (Å²) in [5.74, 6) is -0.411. The molecule has 3 N–H and O–H groups in total. The molecule has 0 saturated carbocycles. The van der Waals surface area contributed by atoms with Crippen molar-refractivity contribution < 1.29 is 9.50 Å². The maximum absolute atomic E-state index is 13.6. The van der Waals surface area contributed by atoms with E-state index in [4.69, 9.17) is 17.3 Å². The minimum atomic E-state index is -0.763. The second-order valence-electron chi connectivity index (χ2n) is 4.34. The maximum atomic E-state index is 13.6. The van der Waals surface area contributed by atoms with Crippen molar-refractivity contribution in [3.05, 3.63) is 58.6 Å². The van der Waals surface area contributed by atoms with E-state index in [1.165, 1.54) is 12.1 Å². The summed E-state index contributed by atoms with van der Waals surface area (Å²) in [7, 11) is 0. The molecule has 1 atom stereocenters. The third-order valence-corrected chi connectivity index (χ3v) is 3.25. The quantitative estimate of drug-likeness (QED) is 0.905. The zero-order chi connectivity index (χ0) is 13.8. The molecule has 100 valence electrons. The van der Waals surface area contributed by atoms with Gasteiger partial charge in [-0.2, -0.15) is 0 Å². The number of nitrogens with two attached hydrogens (primary N) is 1. The number of hydrogen-bond acceptors (Lipinski definition) is 3. The van der Waals surface area contributed by atoms with E-state index >= 15 is 0 Å². The second-order valence-corrected chi connectivity index (χ2v) is 4.74. The molecule has 2 aromatic rings. The lowest BCUT2D eigenvalue weighted by atomic mass is 10.0. The highest BCUT2D eigenvalue weighted by Crippen LogP contribution is 2.22. The molecule has 0 spiro atoms. The van der Waals surface area contributed by atoms with Crippen molar-refractivity contribution in [2.45, 2.75) is 18.9 Å². The number of nitrogen functional groups attached to an aromatic ring is 1. The van der Waals surface area contributed by atoms with E-state index < -0.39 is 11.9 Å². The molecule has 1 aromatic heterocycles. The zero-order valence-electron chi connectivity index (χ0n) is 10.2. The Hall–Kier alpha value is -1.65. The number of aliphatic hydroxyl groups excluding tert-OH is 1. The van der Waals surface area contributed by atoms with Gasteiger partial charge in [-0.05, 0) is 23.8 Å². The molecule has 0 bridgehead atoms. The lowest BCUT2D eigenvalue weighted by Crippen LogP contribution is -2.16. The first-order valence-corrected chi connectivity index (χ1v) is 6.25. The summed E-state index contributed by atoms with van der Waals surface area (Å²) in [5, 5.41) is 10.3. The molecule has 3 nitrogen and oxygen atoms in total. The van der Waals surface area contributed by atoms with Crippen LogP contribution in [-0.4, -0.2) is 16.2 Å². The Labute approximate surface area is 115 Å². The van der Waals surface area contributed by atoms with Crippen LogP contribution in [-0.2, 0) is 12.8 Å². The SMILES string of the molecule is Nc1ccncc1CC(O)Cc1c(F)cccc1Cl. The van der Waals surface area contributed by atoms with Gasteiger partial charge in [0.05, 0.1) is 6.10 Å². The Morgan fingerprint density at radius 2 is 2.11 bits per heavy atom. The van der Waals surface area contributed by atoms with Gasteiger partial charge in [0.15, 0.2) is 0 Å². The van der Waals surface area contributed by atoms with Crippen molar-refractivity contribution in [3.8, 4) is 0 Å². The summed E-state index contributed by atoms with van der Waals surface area (Å²) >= 11 is 5.92. The topological polar surface area (TPSA) is 59.1 Å². The molecule has 0 fully saturated rings. The van der Waals surface area contributed by atoms with E-state index in [9.17, 15) is 9.50 Å². The Balaban J connectivity index is 2.10. The second kappa shape index (κ2) is 5.99. The van der Waals surface area contributed by atoms with Crippen molar-refractivity contribution >= 4 is 17.3 Å². The molecule has 1 aromatic carbocycles. The van der Waals surface area contributed by atoms with E-state index in [2.05, 4.69) is 4.98 Å². The normalized spacial score (nSPS) is 12.4. The van der Waals surface area contributed by atoms with Gasteiger partial charge in [-0.3, -0.25) is 4.98 Å². The predicted molar refractivity (Wildman–Crippen MR) is 73.5 cm³/mol. The van der Waals surface area contributed by atoms with E-state index in [-0.39, 0.29) is 6.42 Å². The van der Waals surface area contributed by atoms with E-state index in [0.717, 1.165) is 5.56 Å².